The van der Waals surface area contributed by atoms with Gasteiger partial charge < -0.3 is 20.1 Å². The van der Waals surface area contributed by atoms with Crippen molar-refractivity contribution in [2.45, 2.75) is 19.1 Å². The van der Waals surface area contributed by atoms with Gasteiger partial charge in [0.25, 0.3) is 0 Å². The van der Waals surface area contributed by atoms with Crippen LogP contribution in [0.25, 0.3) is 0 Å². The van der Waals surface area contributed by atoms with Crippen LogP contribution in [0, 0.1) is 0 Å². The molecule has 0 amide bonds. The second kappa shape index (κ2) is 6.40. The highest BCUT2D eigenvalue weighted by Gasteiger charge is 2.03. The number of hydrogen-bond acceptors (Lipinski definition) is 4. The van der Waals surface area contributed by atoms with E-state index >= 15 is 0 Å². The van der Waals surface area contributed by atoms with Crippen molar-refractivity contribution in [1.29, 1.82) is 0 Å². The van der Waals surface area contributed by atoms with Crippen LogP contribution < -0.4 is 4.74 Å². The Labute approximate surface area is 88.8 Å². The molecule has 4 heteroatoms. The monoisotopic (exact) mass is 212 g/mol. The Hall–Kier alpha value is -1.10. The number of hydrogen-bond donors (Lipinski definition) is 3. The van der Waals surface area contributed by atoms with E-state index in [2.05, 4.69) is 0 Å². The molecule has 4 nitrogen and oxygen atoms in total. The first-order chi connectivity index (χ1) is 7.26. The quantitative estimate of drug-likeness (QED) is 0.634. The van der Waals surface area contributed by atoms with Gasteiger partial charge in [-0.25, -0.2) is 0 Å². The van der Waals surface area contributed by atoms with E-state index in [1.54, 1.807) is 24.3 Å². The van der Waals surface area contributed by atoms with E-state index in [0.717, 1.165) is 5.56 Å². The molecule has 84 valence electrons. The highest BCUT2D eigenvalue weighted by molar-refractivity contribution is 5.26. The summed E-state index contributed by atoms with van der Waals surface area (Å²) < 4.78 is 5.28. The zero-order valence-electron chi connectivity index (χ0n) is 8.47. The summed E-state index contributed by atoms with van der Waals surface area (Å²) in [5.41, 5.74) is 0.818. The molecule has 1 atom stereocenters. The van der Waals surface area contributed by atoms with Gasteiger partial charge in [-0.2, -0.15) is 0 Å². The fraction of sp³-hybridized carbons (Fsp3) is 0.455. The first-order valence-corrected chi connectivity index (χ1v) is 4.87. The minimum absolute atomic E-state index is 0.00736. The molecule has 15 heavy (non-hydrogen) atoms. The van der Waals surface area contributed by atoms with Crippen LogP contribution in [-0.2, 0) is 6.61 Å². The Kier molecular flexibility index (Phi) is 5.10. The fourth-order valence-electron chi connectivity index (χ4n) is 1.12. The summed E-state index contributed by atoms with van der Waals surface area (Å²) in [6, 6.07) is 6.98. The number of aliphatic hydroxyl groups excluding tert-OH is 3. The lowest BCUT2D eigenvalue weighted by atomic mass is 10.2. The van der Waals surface area contributed by atoms with E-state index < -0.39 is 6.10 Å². The first-order valence-electron chi connectivity index (χ1n) is 4.87. The molecule has 3 N–H and O–H groups in total. The zero-order valence-corrected chi connectivity index (χ0v) is 8.47. The summed E-state index contributed by atoms with van der Waals surface area (Å²) in [4.78, 5) is 0. The van der Waals surface area contributed by atoms with Gasteiger partial charge in [-0.05, 0) is 24.1 Å². The van der Waals surface area contributed by atoms with Crippen LogP contribution in [0.2, 0.25) is 0 Å². The van der Waals surface area contributed by atoms with E-state index in [-0.39, 0.29) is 19.8 Å². The van der Waals surface area contributed by atoms with E-state index in [4.69, 9.17) is 14.9 Å². The average Bonchev–Trinajstić information content (AvgIpc) is 2.27. The Morgan fingerprint density at radius 3 is 2.33 bits per heavy atom. The third-order valence-corrected chi connectivity index (χ3v) is 2.01. The molecule has 0 saturated carbocycles. The van der Waals surface area contributed by atoms with Crippen LogP contribution in [0.15, 0.2) is 24.3 Å². The van der Waals surface area contributed by atoms with Crippen LogP contribution >= 0.6 is 0 Å². The normalized spacial score (nSPS) is 12.5. The largest absolute Gasteiger partial charge is 0.491 e. The minimum Gasteiger partial charge on any atom is -0.491 e. The number of benzene rings is 1. The summed E-state index contributed by atoms with van der Waals surface area (Å²) >= 11 is 0. The molecule has 0 bridgehead atoms. The third-order valence-electron chi connectivity index (χ3n) is 2.01. The second-order valence-electron chi connectivity index (χ2n) is 3.28. The molecule has 0 aromatic heterocycles. The molecule has 0 fully saturated rings. The van der Waals surface area contributed by atoms with Crippen LogP contribution in [0.1, 0.15) is 12.0 Å². The van der Waals surface area contributed by atoms with Gasteiger partial charge in [0.15, 0.2) is 0 Å². The molecule has 0 heterocycles. The summed E-state index contributed by atoms with van der Waals surface area (Å²) in [6.07, 6.45) is -0.332. The molecule has 0 saturated heterocycles. The van der Waals surface area contributed by atoms with E-state index in [9.17, 15) is 5.11 Å². The van der Waals surface area contributed by atoms with Crippen molar-refractivity contribution in [2.24, 2.45) is 0 Å². The number of ether oxygens (including phenoxy) is 1. The number of rotatable bonds is 6. The lowest BCUT2D eigenvalue weighted by Gasteiger charge is -2.11. The van der Waals surface area contributed by atoms with Gasteiger partial charge >= 0.3 is 0 Å². The highest BCUT2D eigenvalue weighted by Crippen LogP contribution is 2.12. The fourth-order valence-corrected chi connectivity index (χ4v) is 1.12. The van der Waals surface area contributed by atoms with Crippen LogP contribution in [-0.4, -0.2) is 34.6 Å². The van der Waals surface area contributed by atoms with Gasteiger partial charge in [-0.3, -0.25) is 0 Å². The lowest BCUT2D eigenvalue weighted by Crippen LogP contribution is -2.18. The van der Waals surface area contributed by atoms with Gasteiger partial charge in [0.05, 0.1) is 12.7 Å². The Balaban J connectivity index is 2.37. The Bertz CT molecular complexity index is 270. The molecule has 1 aromatic rings. The third kappa shape index (κ3) is 4.29. The van der Waals surface area contributed by atoms with Crippen LogP contribution in [0.4, 0.5) is 0 Å². The summed E-state index contributed by atoms with van der Waals surface area (Å²) in [7, 11) is 0. The van der Waals surface area contributed by atoms with E-state index in [1.165, 1.54) is 0 Å². The minimum atomic E-state index is -0.646. The summed E-state index contributed by atoms with van der Waals surface area (Å²) in [5, 5.41) is 26.7. The summed E-state index contributed by atoms with van der Waals surface area (Å²) in [6.45, 7) is 0.125. The van der Waals surface area contributed by atoms with E-state index in [1.807, 2.05) is 0 Å². The molecule has 1 unspecified atom stereocenters. The number of aliphatic hydroxyl groups is 3. The van der Waals surface area contributed by atoms with Gasteiger partial charge in [0.2, 0.25) is 0 Å². The smallest absolute Gasteiger partial charge is 0.119 e. The molecule has 1 aromatic carbocycles. The van der Waals surface area contributed by atoms with Crippen molar-refractivity contribution in [3.8, 4) is 5.75 Å². The van der Waals surface area contributed by atoms with Crippen molar-refractivity contribution in [3.63, 3.8) is 0 Å². The first kappa shape index (κ1) is 12.0. The second-order valence-corrected chi connectivity index (χ2v) is 3.28. The average molecular weight is 212 g/mol. The van der Waals surface area contributed by atoms with Gasteiger partial charge in [0, 0.05) is 6.61 Å². The molecule has 0 aliphatic rings. The van der Waals surface area contributed by atoms with E-state index in [0.29, 0.717) is 12.2 Å². The predicted molar refractivity (Wildman–Crippen MR) is 55.6 cm³/mol. The maximum Gasteiger partial charge on any atom is 0.119 e. The van der Waals surface area contributed by atoms with Crippen molar-refractivity contribution < 1.29 is 20.1 Å². The lowest BCUT2D eigenvalue weighted by molar-refractivity contribution is 0.0821. The van der Waals surface area contributed by atoms with Crippen molar-refractivity contribution >= 4 is 0 Å². The maximum atomic E-state index is 9.29. The van der Waals surface area contributed by atoms with Gasteiger partial charge in [-0.1, -0.05) is 12.1 Å². The molecule has 0 aliphatic heterocycles. The Morgan fingerprint density at radius 2 is 1.80 bits per heavy atom. The Morgan fingerprint density at radius 1 is 1.13 bits per heavy atom. The van der Waals surface area contributed by atoms with Gasteiger partial charge in [0.1, 0.15) is 12.4 Å². The van der Waals surface area contributed by atoms with Crippen LogP contribution in [0.5, 0.6) is 5.75 Å². The zero-order chi connectivity index (χ0) is 11.1. The molecule has 0 radical (unpaired) electrons. The molecular formula is C11H16O4. The van der Waals surface area contributed by atoms with Crippen molar-refractivity contribution in [2.75, 3.05) is 13.2 Å². The standard InChI is InChI=1S/C11H16O4/c12-6-5-10(14)8-15-11-3-1-9(7-13)2-4-11/h1-4,10,12-14H,5-8H2. The molecular weight excluding hydrogens is 196 g/mol. The highest BCUT2D eigenvalue weighted by atomic mass is 16.5. The molecule has 1 rings (SSSR count). The molecule has 0 spiro atoms. The topological polar surface area (TPSA) is 69.9 Å². The predicted octanol–water partition coefficient (Wildman–Crippen LogP) is 0.301. The maximum absolute atomic E-state index is 9.29. The van der Waals surface area contributed by atoms with Crippen LogP contribution in [0.3, 0.4) is 0 Å². The van der Waals surface area contributed by atoms with Gasteiger partial charge in [-0.15, -0.1) is 0 Å². The SMILES string of the molecule is OCCC(O)COc1ccc(CO)cc1. The van der Waals surface area contributed by atoms with Crippen molar-refractivity contribution in [3.05, 3.63) is 29.8 Å². The van der Waals surface area contributed by atoms with Crippen molar-refractivity contribution in [1.82, 2.24) is 0 Å². The molecule has 0 aliphatic carbocycles. The summed E-state index contributed by atoms with van der Waals surface area (Å²) in [5.74, 6) is 0.643.